The zero-order valence-corrected chi connectivity index (χ0v) is 12.5. The van der Waals surface area contributed by atoms with Gasteiger partial charge in [0.1, 0.15) is 0 Å². The largest absolute Gasteiger partial charge is 0.375 e. The van der Waals surface area contributed by atoms with Crippen LogP contribution < -0.4 is 5.19 Å². The fourth-order valence-electron chi connectivity index (χ4n) is 0.826. The molecule has 0 atom stereocenters. The predicted molar refractivity (Wildman–Crippen MR) is 69.4 cm³/mol. The summed E-state index contributed by atoms with van der Waals surface area (Å²) in [7, 11) is 0. The van der Waals surface area contributed by atoms with Crippen LogP contribution in [0, 0.1) is 0 Å². The van der Waals surface area contributed by atoms with Crippen molar-refractivity contribution in [2.75, 3.05) is 0 Å². The minimum Gasteiger partial charge on any atom is -0.121 e. The van der Waals surface area contributed by atoms with E-state index in [9.17, 15) is 0 Å². The van der Waals surface area contributed by atoms with E-state index < -0.39 is 6.00 Å². The fourth-order valence-corrected chi connectivity index (χ4v) is 6.02. The molecule has 0 heterocycles. The Morgan fingerprint density at radius 1 is 0.786 bits per heavy atom. The van der Waals surface area contributed by atoms with Gasteiger partial charge in [-0.1, -0.05) is 46.4 Å². The van der Waals surface area contributed by atoms with Gasteiger partial charge in [0, 0.05) is 10.2 Å². The molecule has 1 aromatic carbocycles. The summed E-state index contributed by atoms with van der Waals surface area (Å²) in [5.74, 6) is 0. The molecule has 0 bridgehead atoms. The molecule has 0 spiro atoms. The van der Waals surface area contributed by atoms with E-state index in [0.717, 1.165) is 0 Å². The summed E-state index contributed by atoms with van der Waals surface area (Å²) >= 11 is 40.6. The standard InChI is InChI=1S/C6HCl7Si/c7-2-1-3(8)6(14(11,12)13)5(10)4(2)9/h1H. The number of hydrogen-bond acceptors (Lipinski definition) is 0. The summed E-state index contributed by atoms with van der Waals surface area (Å²) in [6.45, 7) is 0. The first-order valence-electron chi connectivity index (χ1n) is 3.15. The first kappa shape index (κ1) is 13.5. The molecule has 0 amide bonds. The Labute approximate surface area is 116 Å². The molecular formula is C6HCl7Si. The van der Waals surface area contributed by atoms with Crippen molar-refractivity contribution >= 4 is 90.8 Å². The van der Waals surface area contributed by atoms with Crippen LogP contribution in [-0.4, -0.2) is 6.00 Å². The molecule has 0 saturated heterocycles. The Morgan fingerprint density at radius 3 is 1.71 bits per heavy atom. The van der Waals surface area contributed by atoms with Gasteiger partial charge in [-0.3, -0.25) is 0 Å². The van der Waals surface area contributed by atoms with Crippen molar-refractivity contribution in [1.29, 1.82) is 0 Å². The average Bonchev–Trinajstić information content (AvgIpc) is 1.97. The van der Waals surface area contributed by atoms with Crippen LogP contribution >= 0.6 is 79.6 Å². The zero-order valence-electron chi connectivity index (χ0n) is 6.22. The molecule has 0 aliphatic carbocycles. The highest BCUT2D eigenvalue weighted by molar-refractivity contribution is 7.69. The Hall–Kier alpha value is 1.47. The van der Waals surface area contributed by atoms with Crippen LogP contribution in [0.15, 0.2) is 6.07 Å². The maximum absolute atomic E-state index is 5.87. The topological polar surface area (TPSA) is 0 Å². The normalized spacial score (nSPS) is 11.9. The maximum atomic E-state index is 5.87. The monoisotopic (exact) mass is 346 g/mol. The predicted octanol–water partition coefficient (Wildman–Crippen LogP) is 5.16. The second-order valence-corrected chi connectivity index (χ2v) is 12.3. The van der Waals surface area contributed by atoms with Crippen LogP contribution in [0.2, 0.25) is 20.1 Å². The van der Waals surface area contributed by atoms with E-state index in [1.807, 2.05) is 0 Å². The highest BCUT2D eigenvalue weighted by atomic mass is 35.8. The van der Waals surface area contributed by atoms with Crippen LogP contribution in [0.3, 0.4) is 0 Å². The van der Waals surface area contributed by atoms with Crippen molar-refractivity contribution in [2.24, 2.45) is 0 Å². The van der Waals surface area contributed by atoms with Gasteiger partial charge in [0.15, 0.2) is 0 Å². The van der Waals surface area contributed by atoms with Gasteiger partial charge in [0.25, 0.3) is 0 Å². The molecule has 0 N–H and O–H groups in total. The number of halogens is 7. The van der Waals surface area contributed by atoms with E-state index in [1.54, 1.807) is 0 Å². The van der Waals surface area contributed by atoms with E-state index in [4.69, 9.17) is 79.6 Å². The van der Waals surface area contributed by atoms with Crippen LogP contribution in [0.4, 0.5) is 0 Å². The summed E-state index contributed by atoms with van der Waals surface area (Å²) in [6, 6.07) is -1.76. The summed E-state index contributed by atoms with van der Waals surface area (Å²) in [5, 5.41) is 0.965. The summed E-state index contributed by atoms with van der Waals surface area (Å²) < 4.78 is 0. The zero-order chi connectivity index (χ0) is 11.1. The lowest BCUT2D eigenvalue weighted by Gasteiger charge is -2.14. The van der Waals surface area contributed by atoms with Crippen molar-refractivity contribution in [1.82, 2.24) is 0 Å². The van der Waals surface area contributed by atoms with Crippen LogP contribution in [0.25, 0.3) is 0 Å². The molecule has 0 aliphatic heterocycles. The third kappa shape index (κ3) is 2.77. The van der Waals surface area contributed by atoms with Gasteiger partial charge < -0.3 is 0 Å². The Kier molecular flexibility index (Phi) is 4.60. The van der Waals surface area contributed by atoms with Gasteiger partial charge in [-0.15, -0.1) is 33.2 Å². The Morgan fingerprint density at radius 2 is 1.29 bits per heavy atom. The minimum absolute atomic E-state index is 0.107. The SMILES string of the molecule is Clc1cc(Cl)c([Si](Cl)(Cl)Cl)c(Cl)c1Cl. The maximum Gasteiger partial charge on any atom is 0.375 e. The molecule has 1 aromatic rings. The molecule has 0 aliphatic rings. The lowest BCUT2D eigenvalue weighted by atomic mass is 10.3. The van der Waals surface area contributed by atoms with Crippen LogP contribution in [-0.2, 0) is 0 Å². The number of benzene rings is 1. The third-order valence-corrected chi connectivity index (χ3v) is 6.06. The van der Waals surface area contributed by atoms with E-state index in [1.165, 1.54) is 6.07 Å². The second kappa shape index (κ2) is 4.76. The third-order valence-electron chi connectivity index (χ3n) is 1.40. The van der Waals surface area contributed by atoms with Crippen molar-refractivity contribution in [3.8, 4) is 0 Å². The summed E-state index contributed by atoms with van der Waals surface area (Å²) in [6.07, 6.45) is 0. The van der Waals surface area contributed by atoms with Crippen molar-refractivity contribution in [2.45, 2.75) is 0 Å². The molecule has 8 heteroatoms. The molecular weight excluding hydrogens is 348 g/mol. The highest BCUT2D eigenvalue weighted by Gasteiger charge is 2.35. The van der Waals surface area contributed by atoms with Gasteiger partial charge in [-0.25, -0.2) is 0 Å². The molecule has 0 nitrogen and oxygen atoms in total. The van der Waals surface area contributed by atoms with Crippen molar-refractivity contribution in [3.05, 3.63) is 26.2 Å². The molecule has 0 unspecified atom stereocenters. The van der Waals surface area contributed by atoms with Crippen molar-refractivity contribution in [3.63, 3.8) is 0 Å². The first-order valence-corrected chi connectivity index (χ1v) is 9.70. The number of rotatable bonds is 1. The number of hydrogen-bond donors (Lipinski definition) is 0. The second-order valence-electron chi connectivity index (χ2n) is 2.34. The molecule has 0 saturated carbocycles. The lowest BCUT2D eigenvalue weighted by Crippen LogP contribution is -2.32. The van der Waals surface area contributed by atoms with Crippen LogP contribution in [0.5, 0.6) is 0 Å². The Bertz CT molecular complexity index is 369. The molecule has 14 heavy (non-hydrogen) atoms. The van der Waals surface area contributed by atoms with Gasteiger partial charge in [-0.05, 0) is 6.07 Å². The lowest BCUT2D eigenvalue weighted by molar-refractivity contribution is 1.75. The minimum atomic E-state index is -3.17. The van der Waals surface area contributed by atoms with Gasteiger partial charge in [0.05, 0.1) is 15.1 Å². The quantitative estimate of drug-likeness (QED) is 0.284. The average molecular weight is 349 g/mol. The van der Waals surface area contributed by atoms with Crippen LogP contribution in [0.1, 0.15) is 0 Å². The Balaban J connectivity index is 3.53. The molecule has 1 rings (SSSR count). The summed E-state index contributed by atoms with van der Waals surface area (Å²) in [5.41, 5.74) is 0. The molecule has 0 fully saturated rings. The van der Waals surface area contributed by atoms with Gasteiger partial charge in [-0.2, -0.15) is 0 Å². The van der Waals surface area contributed by atoms with Gasteiger partial charge >= 0.3 is 6.00 Å². The smallest absolute Gasteiger partial charge is 0.121 e. The van der Waals surface area contributed by atoms with E-state index in [-0.39, 0.29) is 25.3 Å². The molecule has 78 valence electrons. The van der Waals surface area contributed by atoms with E-state index in [0.29, 0.717) is 0 Å². The summed E-state index contributed by atoms with van der Waals surface area (Å²) in [4.78, 5) is 0. The highest BCUT2D eigenvalue weighted by Crippen LogP contribution is 2.36. The fraction of sp³-hybridized carbons (Fsp3) is 0. The van der Waals surface area contributed by atoms with Gasteiger partial charge in [0.2, 0.25) is 0 Å². The van der Waals surface area contributed by atoms with Crippen molar-refractivity contribution < 1.29 is 0 Å². The first-order chi connectivity index (χ1) is 6.25. The molecule has 0 radical (unpaired) electrons. The van der Waals surface area contributed by atoms with E-state index in [2.05, 4.69) is 0 Å². The van der Waals surface area contributed by atoms with E-state index >= 15 is 0 Å². The molecule has 0 aromatic heterocycles.